The molecule has 0 spiro atoms. The number of nitrogens with one attached hydrogen (secondary N) is 1. The van der Waals surface area contributed by atoms with Gasteiger partial charge < -0.3 is 10.2 Å². The molecule has 0 unspecified atom stereocenters. The number of phenols is 1. The van der Waals surface area contributed by atoms with Crippen LogP contribution in [-0.4, -0.2) is 30.1 Å². The van der Waals surface area contributed by atoms with E-state index in [1.54, 1.807) is 30.3 Å². The number of benzene rings is 2. The zero-order chi connectivity index (χ0) is 17.1. The molecule has 0 aliphatic rings. The van der Waals surface area contributed by atoms with Crippen LogP contribution in [0.15, 0.2) is 59.5 Å². The minimum atomic E-state index is -3.97. The molecule has 0 heterocycles. The lowest BCUT2D eigenvalue weighted by molar-refractivity contribution is -0.143. The van der Waals surface area contributed by atoms with Gasteiger partial charge in [0, 0.05) is 6.42 Å². The van der Waals surface area contributed by atoms with E-state index in [-0.39, 0.29) is 17.1 Å². The Morgan fingerprint density at radius 1 is 1.09 bits per heavy atom. The Labute approximate surface area is 134 Å². The summed E-state index contributed by atoms with van der Waals surface area (Å²) >= 11 is 0. The van der Waals surface area contributed by atoms with E-state index in [1.807, 2.05) is 0 Å². The van der Waals surface area contributed by atoms with Crippen LogP contribution in [0, 0.1) is 0 Å². The van der Waals surface area contributed by atoms with Gasteiger partial charge in [-0.05, 0) is 36.8 Å². The molecule has 2 rings (SSSR count). The predicted molar refractivity (Wildman–Crippen MR) is 84.6 cm³/mol. The van der Waals surface area contributed by atoms with E-state index in [0.717, 1.165) is 0 Å². The van der Waals surface area contributed by atoms with E-state index >= 15 is 0 Å². The third-order valence-electron chi connectivity index (χ3n) is 3.38. The van der Waals surface area contributed by atoms with E-state index in [4.69, 9.17) is 0 Å². The highest BCUT2D eigenvalue weighted by atomic mass is 32.2. The van der Waals surface area contributed by atoms with Gasteiger partial charge in [0.05, 0.1) is 4.90 Å². The van der Waals surface area contributed by atoms with Crippen LogP contribution in [0.25, 0.3) is 0 Å². The number of hydrogen-bond donors (Lipinski definition) is 3. The Morgan fingerprint density at radius 3 is 2.17 bits per heavy atom. The summed E-state index contributed by atoms with van der Waals surface area (Å²) in [6.07, 6.45) is -0.0608. The van der Waals surface area contributed by atoms with Crippen molar-refractivity contribution in [3.8, 4) is 5.75 Å². The summed E-state index contributed by atoms with van der Waals surface area (Å²) in [5.41, 5.74) is -1.13. The Morgan fingerprint density at radius 2 is 1.65 bits per heavy atom. The molecule has 0 saturated heterocycles. The summed E-state index contributed by atoms with van der Waals surface area (Å²) < 4.78 is 27.0. The summed E-state index contributed by atoms with van der Waals surface area (Å²) in [4.78, 5) is 11.6. The Hall–Kier alpha value is -2.38. The average Bonchev–Trinajstić information content (AvgIpc) is 2.50. The number of hydrogen-bond acceptors (Lipinski definition) is 4. The molecule has 0 amide bonds. The monoisotopic (exact) mass is 335 g/mol. The molecular formula is C16H17NO5S. The van der Waals surface area contributed by atoms with E-state index in [0.29, 0.717) is 5.56 Å². The van der Waals surface area contributed by atoms with Crippen LogP contribution in [0.3, 0.4) is 0 Å². The van der Waals surface area contributed by atoms with Crippen molar-refractivity contribution in [2.24, 2.45) is 0 Å². The lowest BCUT2D eigenvalue weighted by Gasteiger charge is -2.26. The first-order valence-electron chi connectivity index (χ1n) is 6.83. The lowest BCUT2D eigenvalue weighted by atomic mass is 9.94. The lowest BCUT2D eigenvalue weighted by Crippen LogP contribution is -2.53. The van der Waals surface area contributed by atoms with Gasteiger partial charge in [0.25, 0.3) is 0 Å². The number of aromatic hydroxyl groups is 1. The van der Waals surface area contributed by atoms with Gasteiger partial charge in [0.15, 0.2) is 0 Å². The minimum absolute atomic E-state index is 0.00168. The van der Waals surface area contributed by atoms with Crippen LogP contribution in [0.2, 0.25) is 0 Å². The van der Waals surface area contributed by atoms with Gasteiger partial charge in [-0.15, -0.1) is 0 Å². The molecule has 3 N–H and O–H groups in total. The van der Waals surface area contributed by atoms with Gasteiger partial charge >= 0.3 is 5.97 Å². The first kappa shape index (κ1) is 17.0. The van der Waals surface area contributed by atoms with Crippen molar-refractivity contribution in [1.29, 1.82) is 0 Å². The molecule has 0 bridgehead atoms. The van der Waals surface area contributed by atoms with E-state index in [1.165, 1.54) is 31.2 Å². The standard InChI is InChI=1S/C16H17NO5S/c1-16(15(19)20,11-12-7-9-13(18)10-8-12)17-23(21,22)14-5-3-2-4-6-14/h2-10,17-18H,11H2,1H3,(H,19,20)/t16-/m0/s1. The van der Waals surface area contributed by atoms with Crippen molar-refractivity contribution in [3.63, 3.8) is 0 Å². The van der Waals surface area contributed by atoms with E-state index < -0.39 is 21.5 Å². The molecule has 23 heavy (non-hydrogen) atoms. The van der Waals surface area contributed by atoms with Crippen LogP contribution < -0.4 is 4.72 Å². The largest absolute Gasteiger partial charge is 0.508 e. The second-order valence-electron chi connectivity index (χ2n) is 5.40. The molecule has 0 saturated carbocycles. The van der Waals surface area contributed by atoms with Crippen molar-refractivity contribution in [3.05, 3.63) is 60.2 Å². The molecule has 2 aromatic rings. The number of rotatable bonds is 6. The average molecular weight is 335 g/mol. The minimum Gasteiger partial charge on any atom is -0.508 e. The number of carbonyl (C=O) groups is 1. The Balaban J connectivity index is 2.30. The summed E-state index contributed by atoms with van der Waals surface area (Å²) in [7, 11) is -3.97. The number of phenolic OH excluding ortho intramolecular Hbond substituents is 1. The summed E-state index contributed by atoms with van der Waals surface area (Å²) in [5, 5.41) is 18.8. The summed E-state index contributed by atoms with van der Waals surface area (Å²) in [5.74, 6) is -1.24. The zero-order valence-corrected chi connectivity index (χ0v) is 13.2. The van der Waals surface area contributed by atoms with E-state index in [2.05, 4.69) is 4.72 Å². The maximum Gasteiger partial charge on any atom is 0.324 e. The van der Waals surface area contributed by atoms with Crippen molar-refractivity contribution in [2.75, 3.05) is 0 Å². The SMILES string of the molecule is C[C@@](Cc1ccc(O)cc1)(NS(=O)(=O)c1ccccc1)C(=O)O. The first-order valence-corrected chi connectivity index (χ1v) is 8.32. The van der Waals surface area contributed by atoms with Gasteiger partial charge in [-0.3, -0.25) is 4.79 Å². The third-order valence-corrected chi connectivity index (χ3v) is 4.99. The fourth-order valence-corrected chi connectivity index (χ4v) is 3.52. The van der Waals surface area contributed by atoms with Crippen LogP contribution in [-0.2, 0) is 21.2 Å². The van der Waals surface area contributed by atoms with E-state index in [9.17, 15) is 23.4 Å². The predicted octanol–water partition coefficient (Wildman–Crippen LogP) is 1.76. The molecular weight excluding hydrogens is 318 g/mol. The Kier molecular flexibility index (Phi) is 4.72. The van der Waals surface area contributed by atoms with Crippen LogP contribution in [0.1, 0.15) is 12.5 Å². The molecule has 0 aliphatic carbocycles. The number of carboxylic acid groups (broad SMARTS) is 1. The summed E-state index contributed by atoms with van der Waals surface area (Å²) in [6.45, 7) is 1.31. The normalized spacial score (nSPS) is 14.1. The van der Waals surface area contributed by atoms with Gasteiger partial charge in [0.1, 0.15) is 11.3 Å². The van der Waals surface area contributed by atoms with Crippen molar-refractivity contribution < 1.29 is 23.4 Å². The fourth-order valence-electron chi connectivity index (χ4n) is 2.13. The molecule has 0 aromatic heterocycles. The Bertz CT molecular complexity index is 787. The highest BCUT2D eigenvalue weighted by molar-refractivity contribution is 7.89. The smallest absolute Gasteiger partial charge is 0.324 e. The quantitative estimate of drug-likeness (QED) is 0.746. The van der Waals surface area contributed by atoms with Crippen molar-refractivity contribution >= 4 is 16.0 Å². The molecule has 0 aliphatic heterocycles. The topological polar surface area (TPSA) is 104 Å². The second kappa shape index (κ2) is 6.39. The van der Waals surface area contributed by atoms with Gasteiger partial charge in [-0.1, -0.05) is 30.3 Å². The third kappa shape index (κ3) is 4.08. The fraction of sp³-hybridized carbons (Fsp3) is 0.188. The summed E-state index contributed by atoms with van der Waals surface area (Å²) in [6, 6.07) is 13.5. The number of carboxylic acids is 1. The number of aliphatic carboxylic acids is 1. The highest BCUT2D eigenvalue weighted by Gasteiger charge is 2.38. The molecule has 1 atom stereocenters. The van der Waals surface area contributed by atoms with Crippen LogP contribution in [0.5, 0.6) is 5.75 Å². The zero-order valence-electron chi connectivity index (χ0n) is 12.4. The molecule has 7 heteroatoms. The molecule has 6 nitrogen and oxygen atoms in total. The van der Waals surface area contributed by atoms with Gasteiger partial charge in [-0.25, -0.2) is 8.42 Å². The van der Waals surface area contributed by atoms with Crippen molar-refractivity contribution in [1.82, 2.24) is 4.72 Å². The molecule has 2 aromatic carbocycles. The first-order chi connectivity index (χ1) is 10.7. The second-order valence-corrected chi connectivity index (χ2v) is 7.08. The van der Waals surface area contributed by atoms with Gasteiger partial charge in [0.2, 0.25) is 10.0 Å². The molecule has 0 fully saturated rings. The van der Waals surface area contributed by atoms with Crippen LogP contribution >= 0.6 is 0 Å². The maximum atomic E-state index is 12.4. The maximum absolute atomic E-state index is 12.4. The van der Waals surface area contributed by atoms with Crippen LogP contribution in [0.4, 0.5) is 0 Å². The highest BCUT2D eigenvalue weighted by Crippen LogP contribution is 2.20. The van der Waals surface area contributed by atoms with Crippen molar-refractivity contribution in [2.45, 2.75) is 23.8 Å². The van der Waals surface area contributed by atoms with Gasteiger partial charge in [-0.2, -0.15) is 4.72 Å². The molecule has 0 radical (unpaired) electrons. The molecule has 122 valence electrons. The number of sulfonamides is 1.